The Kier molecular flexibility index (Phi) is 7.42. The van der Waals surface area contributed by atoms with Gasteiger partial charge in [-0.3, -0.25) is 0 Å². The van der Waals surface area contributed by atoms with E-state index in [2.05, 4.69) is 73.3 Å². The number of ether oxygens (including phenoxy) is 1. The Morgan fingerprint density at radius 3 is 2.04 bits per heavy atom. The van der Waals surface area contributed by atoms with Crippen molar-refractivity contribution in [3.63, 3.8) is 0 Å². The van der Waals surface area contributed by atoms with Crippen LogP contribution in [0.2, 0.25) is 0 Å². The zero-order valence-corrected chi connectivity index (χ0v) is 18.0. The van der Waals surface area contributed by atoms with Gasteiger partial charge in [0.1, 0.15) is 5.75 Å². The number of nitrogens with zero attached hydrogens (tertiary/aromatic N) is 1. The van der Waals surface area contributed by atoms with Crippen LogP contribution in [0.25, 0.3) is 0 Å². The van der Waals surface area contributed by atoms with E-state index in [1.54, 1.807) is 7.11 Å². The van der Waals surface area contributed by atoms with Gasteiger partial charge in [-0.25, -0.2) is 0 Å². The van der Waals surface area contributed by atoms with Crippen molar-refractivity contribution in [3.8, 4) is 5.75 Å². The van der Waals surface area contributed by atoms with Crippen LogP contribution >= 0.6 is 0 Å². The third kappa shape index (κ3) is 4.90. The standard InChI is InChI=1S/C26H37NO/c1-4-5-6-7-8-9-10-14-21-26(2)25(22-15-12-11-13-16-22)27(26)23-17-19-24(28-3)20-18-23/h11-13,15-20,25H,4-10,14,21H2,1-3H3/t25-,26+,27?/m1/s1. The maximum Gasteiger partial charge on any atom is 0.119 e. The minimum atomic E-state index is 0.220. The molecule has 3 rings (SSSR count). The van der Waals surface area contributed by atoms with Crippen LogP contribution in [0.1, 0.15) is 83.2 Å². The Bertz CT molecular complexity index is 696. The number of rotatable bonds is 12. The largest absolute Gasteiger partial charge is 0.497 e. The van der Waals surface area contributed by atoms with E-state index < -0.39 is 0 Å². The number of unbranched alkanes of at least 4 members (excludes halogenated alkanes) is 7. The summed E-state index contributed by atoms with van der Waals surface area (Å²) in [6.45, 7) is 4.73. The molecule has 0 amide bonds. The van der Waals surface area contributed by atoms with Crippen molar-refractivity contribution in [2.45, 2.75) is 83.2 Å². The molecule has 2 nitrogen and oxygen atoms in total. The minimum absolute atomic E-state index is 0.220. The minimum Gasteiger partial charge on any atom is -0.497 e. The first-order chi connectivity index (χ1) is 13.7. The fraction of sp³-hybridized carbons (Fsp3) is 0.538. The first-order valence-electron chi connectivity index (χ1n) is 11.2. The average molecular weight is 380 g/mol. The molecule has 0 radical (unpaired) electrons. The molecule has 2 aromatic carbocycles. The second kappa shape index (κ2) is 10.0. The molecule has 0 bridgehead atoms. The van der Waals surface area contributed by atoms with Crippen molar-refractivity contribution in [1.29, 1.82) is 0 Å². The summed E-state index contributed by atoms with van der Waals surface area (Å²) in [7, 11) is 1.73. The number of anilines is 1. The molecule has 0 spiro atoms. The average Bonchev–Trinajstić information content (AvgIpc) is 3.36. The highest BCUT2D eigenvalue weighted by atomic mass is 16.5. The Balaban J connectivity index is 1.59. The molecule has 1 saturated heterocycles. The van der Waals surface area contributed by atoms with Gasteiger partial charge in [0, 0.05) is 5.69 Å². The topological polar surface area (TPSA) is 12.2 Å². The smallest absolute Gasteiger partial charge is 0.119 e. The quantitative estimate of drug-likeness (QED) is 0.279. The SMILES string of the molecule is CCCCCCCCCC[C@@]1(C)[C@@H](c2ccccc2)N1c1ccc(OC)cc1. The van der Waals surface area contributed by atoms with Gasteiger partial charge >= 0.3 is 0 Å². The van der Waals surface area contributed by atoms with Gasteiger partial charge in [0.25, 0.3) is 0 Å². The lowest BCUT2D eigenvalue weighted by Crippen LogP contribution is -2.13. The molecule has 0 aromatic heterocycles. The lowest BCUT2D eigenvalue weighted by molar-refractivity contribution is 0.415. The summed E-state index contributed by atoms with van der Waals surface area (Å²) in [6.07, 6.45) is 12.3. The summed E-state index contributed by atoms with van der Waals surface area (Å²) in [6, 6.07) is 20.0. The summed E-state index contributed by atoms with van der Waals surface area (Å²) >= 11 is 0. The molecule has 152 valence electrons. The highest BCUT2D eigenvalue weighted by molar-refractivity contribution is 5.63. The molecule has 28 heavy (non-hydrogen) atoms. The van der Waals surface area contributed by atoms with Crippen molar-refractivity contribution in [2.24, 2.45) is 0 Å². The molecule has 2 aromatic rings. The molecular weight excluding hydrogens is 342 g/mol. The molecule has 0 aliphatic carbocycles. The predicted molar refractivity (Wildman–Crippen MR) is 120 cm³/mol. The molecule has 1 aliphatic heterocycles. The molecule has 2 atom stereocenters. The third-order valence-electron chi connectivity index (χ3n) is 6.33. The maximum absolute atomic E-state index is 5.34. The molecule has 0 unspecified atom stereocenters. The maximum atomic E-state index is 5.34. The van der Waals surface area contributed by atoms with Gasteiger partial charge in [0.2, 0.25) is 0 Å². The number of methoxy groups -OCH3 is 1. The zero-order chi connectivity index (χ0) is 19.8. The van der Waals surface area contributed by atoms with Crippen molar-refractivity contribution in [3.05, 3.63) is 60.2 Å². The van der Waals surface area contributed by atoms with Crippen molar-refractivity contribution < 1.29 is 4.74 Å². The first-order valence-corrected chi connectivity index (χ1v) is 11.2. The lowest BCUT2D eigenvalue weighted by Gasteiger charge is -2.13. The summed E-state index contributed by atoms with van der Waals surface area (Å²) in [4.78, 5) is 2.60. The fourth-order valence-electron chi connectivity index (χ4n) is 4.63. The van der Waals surface area contributed by atoms with Crippen molar-refractivity contribution in [2.75, 3.05) is 12.0 Å². The third-order valence-corrected chi connectivity index (χ3v) is 6.33. The van der Waals surface area contributed by atoms with Crippen LogP contribution in [-0.2, 0) is 0 Å². The van der Waals surface area contributed by atoms with E-state index in [0.29, 0.717) is 6.04 Å². The molecule has 2 heteroatoms. The summed E-state index contributed by atoms with van der Waals surface area (Å²) < 4.78 is 5.34. The zero-order valence-electron chi connectivity index (χ0n) is 18.0. The van der Waals surface area contributed by atoms with Crippen LogP contribution in [0.4, 0.5) is 5.69 Å². The highest BCUT2D eigenvalue weighted by Crippen LogP contribution is 2.58. The second-order valence-electron chi connectivity index (χ2n) is 8.46. The highest BCUT2D eigenvalue weighted by Gasteiger charge is 2.58. The van der Waals surface area contributed by atoms with Gasteiger partial charge in [-0.15, -0.1) is 0 Å². The van der Waals surface area contributed by atoms with Gasteiger partial charge < -0.3 is 9.64 Å². The summed E-state index contributed by atoms with van der Waals surface area (Å²) in [5.74, 6) is 0.923. The number of hydrogen-bond acceptors (Lipinski definition) is 2. The normalized spacial score (nSPS) is 21.0. The first kappa shape index (κ1) is 20.8. The van der Waals surface area contributed by atoms with Crippen LogP contribution in [0.3, 0.4) is 0 Å². The molecule has 1 aliphatic rings. The molecule has 0 saturated carbocycles. The summed E-state index contributed by atoms with van der Waals surface area (Å²) in [5.41, 5.74) is 2.95. The molecular formula is C26H37NO. The number of hydrogen-bond donors (Lipinski definition) is 0. The van der Waals surface area contributed by atoms with Gasteiger partial charge in [0.05, 0.1) is 18.7 Å². The van der Waals surface area contributed by atoms with Gasteiger partial charge in [-0.1, -0.05) is 88.6 Å². The molecule has 0 N–H and O–H groups in total. The Hall–Kier alpha value is -1.96. The fourth-order valence-corrected chi connectivity index (χ4v) is 4.63. The van der Waals surface area contributed by atoms with Crippen LogP contribution < -0.4 is 9.64 Å². The van der Waals surface area contributed by atoms with E-state index in [4.69, 9.17) is 4.74 Å². The van der Waals surface area contributed by atoms with E-state index in [-0.39, 0.29) is 5.54 Å². The van der Waals surface area contributed by atoms with Crippen LogP contribution in [0, 0.1) is 0 Å². The van der Waals surface area contributed by atoms with E-state index in [1.165, 1.54) is 69.0 Å². The molecule has 1 heterocycles. The van der Waals surface area contributed by atoms with Crippen molar-refractivity contribution in [1.82, 2.24) is 0 Å². The van der Waals surface area contributed by atoms with Crippen LogP contribution in [-0.4, -0.2) is 12.6 Å². The van der Waals surface area contributed by atoms with E-state index >= 15 is 0 Å². The second-order valence-corrected chi connectivity index (χ2v) is 8.46. The lowest BCUT2D eigenvalue weighted by atomic mass is 9.94. The van der Waals surface area contributed by atoms with Gasteiger partial charge in [0.15, 0.2) is 0 Å². The van der Waals surface area contributed by atoms with E-state index in [0.717, 1.165) is 5.75 Å². The van der Waals surface area contributed by atoms with Crippen LogP contribution in [0.15, 0.2) is 54.6 Å². The monoisotopic (exact) mass is 379 g/mol. The van der Waals surface area contributed by atoms with Crippen LogP contribution in [0.5, 0.6) is 5.75 Å². The Morgan fingerprint density at radius 1 is 0.821 bits per heavy atom. The van der Waals surface area contributed by atoms with Gasteiger partial charge in [-0.2, -0.15) is 0 Å². The predicted octanol–water partition coefficient (Wildman–Crippen LogP) is 7.55. The van der Waals surface area contributed by atoms with E-state index in [9.17, 15) is 0 Å². The molecule has 1 fully saturated rings. The van der Waals surface area contributed by atoms with Gasteiger partial charge in [-0.05, 0) is 43.2 Å². The Labute approximate surface area is 171 Å². The Morgan fingerprint density at radius 2 is 1.43 bits per heavy atom. The summed E-state index contributed by atoms with van der Waals surface area (Å²) in [5, 5.41) is 0. The number of benzene rings is 2. The van der Waals surface area contributed by atoms with Crippen molar-refractivity contribution >= 4 is 5.69 Å². The van der Waals surface area contributed by atoms with E-state index in [1.807, 2.05) is 0 Å².